The van der Waals surface area contributed by atoms with Crippen molar-refractivity contribution in [3.63, 3.8) is 0 Å². The van der Waals surface area contributed by atoms with Gasteiger partial charge in [0, 0.05) is 31.9 Å². The summed E-state index contributed by atoms with van der Waals surface area (Å²) in [6, 6.07) is 17.3. The van der Waals surface area contributed by atoms with Crippen molar-refractivity contribution in [2.45, 2.75) is 13.8 Å². The average molecular weight is 289 g/mol. The van der Waals surface area contributed by atoms with Gasteiger partial charge in [-0.2, -0.15) is 0 Å². The lowest BCUT2D eigenvalue weighted by molar-refractivity contribution is 1.22. The van der Waals surface area contributed by atoms with Crippen molar-refractivity contribution in [2.24, 2.45) is 0 Å². The molecule has 0 aliphatic heterocycles. The molecule has 2 aromatic carbocycles. The fourth-order valence-corrected chi connectivity index (χ4v) is 3.95. The third kappa shape index (κ3) is 1.95. The molecule has 0 aliphatic rings. The minimum Gasteiger partial charge on any atom is -0.256 e. The number of fused-ring (bicyclic) bond motifs is 3. The first-order valence-corrected chi connectivity index (χ1v) is 7.89. The second kappa shape index (κ2) is 4.68. The molecular formula is C19H15NS. The molecule has 1 nitrogen and oxygen atoms in total. The molecule has 4 rings (SSSR count). The molecule has 0 atom stereocenters. The van der Waals surface area contributed by atoms with Crippen LogP contribution in [0.4, 0.5) is 0 Å². The predicted molar refractivity (Wildman–Crippen MR) is 92.0 cm³/mol. The van der Waals surface area contributed by atoms with Crippen LogP contribution < -0.4 is 0 Å². The summed E-state index contributed by atoms with van der Waals surface area (Å²) in [5, 5.41) is 2.66. The van der Waals surface area contributed by atoms with Crippen molar-refractivity contribution in [1.82, 2.24) is 4.98 Å². The molecule has 2 aromatic heterocycles. The molecule has 0 saturated carbocycles. The van der Waals surface area contributed by atoms with Crippen molar-refractivity contribution in [3.8, 4) is 11.3 Å². The van der Waals surface area contributed by atoms with Crippen molar-refractivity contribution >= 4 is 31.5 Å². The fraction of sp³-hybridized carbons (Fsp3) is 0.105. The van der Waals surface area contributed by atoms with E-state index in [-0.39, 0.29) is 0 Å². The van der Waals surface area contributed by atoms with Gasteiger partial charge in [0.2, 0.25) is 0 Å². The van der Waals surface area contributed by atoms with Crippen LogP contribution in [0.15, 0.2) is 54.7 Å². The predicted octanol–water partition coefficient (Wildman–Crippen LogP) is 5.73. The Morgan fingerprint density at radius 2 is 1.67 bits per heavy atom. The summed E-state index contributed by atoms with van der Waals surface area (Å²) >= 11 is 1.85. The lowest BCUT2D eigenvalue weighted by atomic mass is 10.0. The van der Waals surface area contributed by atoms with Gasteiger partial charge in [0.25, 0.3) is 0 Å². The summed E-state index contributed by atoms with van der Waals surface area (Å²) in [7, 11) is 0. The van der Waals surface area contributed by atoms with Gasteiger partial charge in [-0.3, -0.25) is 4.98 Å². The van der Waals surface area contributed by atoms with Gasteiger partial charge < -0.3 is 0 Å². The Hall–Kier alpha value is -2.19. The molecule has 2 heteroatoms. The molecule has 0 saturated heterocycles. The summed E-state index contributed by atoms with van der Waals surface area (Å²) in [5.74, 6) is 0. The number of rotatable bonds is 1. The summed E-state index contributed by atoms with van der Waals surface area (Å²) in [4.78, 5) is 4.64. The number of aryl methyl sites for hydroxylation is 2. The summed E-state index contributed by atoms with van der Waals surface area (Å²) in [5.41, 5.74) is 4.83. The molecule has 0 fully saturated rings. The van der Waals surface area contributed by atoms with E-state index >= 15 is 0 Å². The van der Waals surface area contributed by atoms with Crippen LogP contribution in [-0.2, 0) is 0 Å². The Balaban J connectivity index is 2.06. The quantitative estimate of drug-likeness (QED) is 0.436. The monoisotopic (exact) mass is 289 g/mol. The Labute approximate surface area is 127 Å². The topological polar surface area (TPSA) is 12.9 Å². The Morgan fingerprint density at radius 1 is 0.857 bits per heavy atom. The smallest absolute Gasteiger partial charge is 0.0719 e. The van der Waals surface area contributed by atoms with E-state index in [2.05, 4.69) is 67.4 Å². The van der Waals surface area contributed by atoms with Gasteiger partial charge in [-0.05, 0) is 37.1 Å². The Kier molecular flexibility index (Phi) is 2.79. The second-order valence-corrected chi connectivity index (χ2v) is 6.49. The first-order chi connectivity index (χ1) is 10.2. The maximum Gasteiger partial charge on any atom is 0.0719 e. The molecule has 2 heterocycles. The summed E-state index contributed by atoms with van der Waals surface area (Å²) < 4.78 is 2.67. The summed E-state index contributed by atoms with van der Waals surface area (Å²) in [6.07, 6.45) is 1.97. The highest BCUT2D eigenvalue weighted by Crippen LogP contribution is 2.39. The third-order valence-corrected chi connectivity index (χ3v) is 5.27. The van der Waals surface area contributed by atoms with Crippen LogP contribution in [0.25, 0.3) is 31.4 Å². The van der Waals surface area contributed by atoms with Gasteiger partial charge in [0.1, 0.15) is 0 Å². The minimum atomic E-state index is 1.07. The van der Waals surface area contributed by atoms with E-state index in [1.165, 1.54) is 36.9 Å². The van der Waals surface area contributed by atoms with Crippen molar-refractivity contribution < 1.29 is 0 Å². The van der Waals surface area contributed by atoms with E-state index in [4.69, 9.17) is 0 Å². The number of pyridine rings is 1. The number of hydrogen-bond acceptors (Lipinski definition) is 2. The van der Waals surface area contributed by atoms with Crippen LogP contribution in [0.5, 0.6) is 0 Å². The number of benzene rings is 2. The van der Waals surface area contributed by atoms with E-state index in [1.54, 1.807) is 0 Å². The van der Waals surface area contributed by atoms with Gasteiger partial charge in [-0.1, -0.05) is 36.4 Å². The maximum absolute atomic E-state index is 4.64. The third-order valence-electron chi connectivity index (χ3n) is 4.05. The zero-order valence-electron chi connectivity index (χ0n) is 12.1. The van der Waals surface area contributed by atoms with Gasteiger partial charge in [-0.25, -0.2) is 0 Å². The minimum absolute atomic E-state index is 1.07. The Morgan fingerprint density at radius 3 is 2.52 bits per heavy atom. The highest BCUT2D eigenvalue weighted by molar-refractivity contribution is 7.26. The van der Waals surface area contributed by atoms with Gasteiger partial charge in [0.05, 0.1) is 5.69 Å². The molecule has 21 heavy (non-hydrogen) atoms. The highest BCUT2D eigenvalue weighted by Gasteiger charge is 2.11. The SMILES string of the molecule is Cc1cnc(-c2cccc3c2sc2ccccc23)cc1C. The second-order valence-electron chi connectivity index (χ2n) is 5.43. The standard InChI is InChI=1S/C19H15NS/c1-12-10-17(20-11-13(12)2)16-8-5-7-15-14-6-3-4-9-18(14)21-19(15)16/h3-11H,1-2H3. The average Bonchev–Trinajstić information content (AvgIpc) is 2.89. The number of aromatic nitrogens is 1. The fourth-order valence-electron chi connectivity index (χ4n) is 2.72. The summed E-state index contributed by atoms with van der Waals surface area (Å²) in [6.45, 7) is 4.25. The van der Waals surface area contributed by atoms with Crippen LogP contribution in [0, 0.1) is 13.8 Å². The largest absolute Gasteiger partial charge is 0.256 e. The van der Waals surface area contributed by atoms with Gasteiger partial charge >= 0.3 is 0 Å². The lowest BCUT2D eigenvalue weighted by Crippen LogP contribution is -1.88. The number of thiophene rings is 1. The molecule has 0 aliphatic carbocycles. The zero-order chi connectivity index (χ0) is 14.4. The van der Waals surface area contributed by atoms with E-state index in [0.717, 1.165) is 5.69 Å². The van der Waals surface area contributed by atoms with Gasteiger partial charge in [-0.15, -0.1) is 11.3 Å². The van der Waals surface area contributed by atoms with Crippen molar-refractivity contribution in [3.05, 3.63) is 65.9 Å². The Bertz CT molecular complexity index is 966. The van der Waals surface area contributed by atoms with E-state index in [9.17, 15) is 0 Å². The van der Waals surface area contributed by atoms with Crippen molar-refractivity contribution in [1.29, 1.82) is 0 Å². The zero-order valence-corrected chi connectivity index (χ0v) is 12.9. The van der Waals surface area contributed by atoms with Crippen LogP contribution in [0.3, 0.4) is 0 Å². The molecule has 0 radical (unpaired) electrons. The van der Waals surface area contributed by atoms with E-state index < -0.39 is 0 Å². The normalized spacial score (nSPS) is 11.3. The first-order valence-electron chi connectivity index (χ1n) is 7.08. The van der Waals surface area contributed by atoms with Crippen LogP contribution >= 0.6 is 11.3 Å². The molecule has 4 aromatic rings. The maximum atomic E-state index is 4.64. The molecular weight excluding hydrogens is 274 g/mol. The van der Waals surface area contributed by atoms with Crippen LogP contribution in [0.1, 0.15) is 11.1 Å². The van der Waals surface area contributed by atoms with E-state index in [1.807, 2.05) is 17.5 Å². The number of hydrogen-bond donors (Lipinski definition) is 0. The van der Waals surface area contributed by atoms with Gasteiger partial charge in [0.15, 0.2) is 0 Å². The number of nitrogens with zero attached hydrogens (tertiary/aromatic N) is 1. The first kappa shape index (κ1) is 12.5. The van der Waals surface area contributed by atoms with Crippen molar-refractivity contribution in [2.75, 3.05) is 0 Å². The molecule has 0 unspecified atom stereocenters. The molecule has 0 bridgehead atoms. The molecule has 102 valence electrons. The molecule has 0 spiro atoms. The van der Waals surface area contributed by atoms with Crippen LogP contribution in [0.2, 0.25) is 0 Å². The molecule has 0 amide bonds. The highest BCUT2D eigenvalue weighted by atomic mass is 32.1. The van der Waals surface area contributed by atoms with Crippen LogP contribution in [-0.4, -0.2) is 4.98 Å². The molecule has 0 N–H and O–H groups in total. The van der Waals surface area contributed by atoms with E-state index in [0.29, 0.717) is 0 Å². The lowest BCUT2D eigenvalue weighted by Gasteiger charge is -2.05.